The maximum absolute atomic E-state index is 12.9. The fraction of sp³-hybridized carbons (Fsp3) is 0.600. The zero-order chi connectivity index (χ0) is 20.8. The average Bonchev–Trinajstić information content (AvgIpc) is 3.30. The second-order valence-corrected chi connectivity index (χ2v) is 10.0. The van der Waals surface area contributed by atoms with Crippen molar-refractivity contribution in [3.05, 3.63) is 24.3 Å². The molecule has 8 nitrogen and oxygen atoms in total. The highest BCUT2D eigenvalue weighted by Gasteiger charge is 2.55. The van der Waals surface area contributed by atoms with E-state index in [0.29, 0.717) is 25.1 Å². The molecular formula is C20H26N2O6S. The molecule has 0 aromatic heterocycles. The number of anilines is 1. The summed E-state index contributed by atoms with van der Waals surface area (Å²) in [6.07, 6.45) is 3.29. The average molecular weight is 423 g/mol. The van der Waals surface area contributed by atoms with E-state index in [1.54, 1.807) is 12.1 Å². The molecule has 3 heterocycles. The van der Waals surface area contributed by atoms with Crippen molar-refractivity contribution in [3.8, 4) is 0 Å². The van der Waals surface area contributed by atoms with Crippen LogP contribution < -0.4 is 5.32 Å². The molecule has 2 bridgehead atoms. The van der Waals surface area contributed by atoms with Crippen molar-refractivity contribution in [1.29, 1.82) is 0 Å². The lowest BCUT2D eigenvalue weighted by atomic mass is 9.78. The topological polar surface area (TPSA) is 113 Å². The predicted molar refractivity (Wildman–Crippen MR) is 105 cm³/mol. The Balaban J connectivity index is 1.47. The Hall–Kier alpha value is -1.97. The first kappa shape index (κ1) is 20.3. The highest BCUT2D eigenvalue weighted by atomic mass is 32.2. The molecule has 3 saturated heterocycles. The first-order valence-electron chi connectivity index (χ1n) is 10.1. The molecule has 0 spiro atoms. The third-order valence-electron chi connectivity index (χ3n) is 6.33. The predicted octanol–water partition coefficient (Wildman–Crippen LogP) is 2.07. The van der Waals surface area contributed by atoms with Crippen LogP contribution in [0.25, 0.3) is 0 Å². The molecule has 9 heteroatoms. The van der Waals surface area contributed by atoms with Gasteiger partial charge in [0.2, 0.25) is 15.9 Å². The van der Waals surface area contributed by atoms with Crippen LogP contribution in [0.5, 0.6) is 0 Å². The molecule has 0 aliphatic carbocycles. The van der Waals surface area contributed by atoms with Crippen LogP contribution in [-0.4, -0.2) is 54.5 Å². The number of fused-ring (bicyclic) bond motifs is 2. The van der Waals surface area contributed by atoms with E-state index in [9.17, 15) is 23.1 Å². The number of piperidine rings is 1. The monoisotopic (exact) mass is 422 g/mol. The number of carboxylic acids is 1. The molecule has 0 unspecified atom stereocenters. The fourth-order valence-corrected chi connectivity index (χ4v) is 6.52. The van der Waals surface area contributed by atoms with Crippen LogP contribution in [-0.2, 0) is 24.3 Å². The number of ether oxygens (including phenoxy) is 1. The van der Waals surface area contributed by atoms with Crippen LogP contribution >= 0.6 is 0 Å². The minimum atomic E-state index is -3.58. The normalized spacial score (nSPS) is 32.2. The van der Waals surface area contributed by atoms with Crippen molar-refractivity contribution in [2.45, 2.75) is 62.2 Å². The van der Waals surface area contributed by atoms with E-state index in [2.05, 4.69) is 5.32 Å². The number of hydrogen-bond donors (Lipinski definition) is 2. The Morgan fingerprint density at radius 1 is 1.07 bits per heavy atom. The zero-order valence-corrected chi connectivity index (χ0v) is 17.1. The van der Waals surface area contributed by atoms with Crippen molar-refractivity contribution in [1.82, 2.24) is 4.31 Å². The third kappa shape index (κ3) is 3.67. The van der Waals surface area contributed by atoms with Crippen molar-refractivity contribution in [2.24, 2.45) is 11.8 Å². The molecule has 158 valence electrons. The van der Waals surface area contributed by atoms with Crippen LogP contribution in [0.3, 0.4) is 0 Å². The van der Waals surface area contributed by atoms with Gasteiger partial charge in [-0.25, -0.2) is 8.42 Å². The Morgan fingerprint density at radius 3 is 2.34 bits per heavy atom. The van der Waals surface area contributed by atoms with E-state index in [1.807, 2.05) is 6.92 Å². The molecule has 2 N–H and O–H groups in total. The van der Waals surface area contributed by atoms with E-state index >= 15 is 0 Å². The van der Waals surface area contributed by atoms with Crippen molar-refractivity contribution in [2.75, 3.05) is 11.9 Å². The lowest BCUT2D eigenvalue weighted by molar-refractivity contribution is -0.147. The quantitative estimate of drug-likeness (QED) is 0.751. The van der Waals surface area contributed by atoms with Crippen LogP contribution in [0.2, 0.25) is 0 Å². The number of benzene rings is 1. The first-order chi connectivity index (χ1) is 13.8. The van der Waals surface area contributed by atoms with E-state index in [4.69, 9.17) is 4.74 Å². The number of carbonyl (C=O) groups is 2. The summed E-state index contributed by atoms with van der Waals surface area (Å²) in [4.78, 5) is 24.5. The number of nitrogens with zero attached hydrogens (tertiary/aromatic N) is 1. The van der Waals surface area contributed by atoms with Crippen LogP contribution in [0.1, 0.15) is 39.0 Å². The summed E-state index contributed by atoms with van der Waals surface area (Å²) in [5.74, 6) is -2.99. The Morgan fingerprint density at radius 2 is 1.72 bits per heavy atom. The summed E-state index contributed by atoms with van der Waals surface area (Å²) in [5, 5.41) is 12.2. The summed E-state index contributed by atoms with van der Waals surface area (Å²) in [5.41, 5.74) is 0.438. The number of carbonyl (C=O) groups excluding carboxylic acids is 1. The molecule has 0 radical (unpaired) electrons. The molecule has 1 aromatic carbocycles. The van der Waals surface area contributed by atoms with Gasteiger partial charge in [0.05, 0.1) is 28.9 Å². The summed E-state index contributed by atoms with van der Waals surface area (Å²) in [6, 6.07) is 6.03. The van der Waals surface area contributed by atoms with Gasteiger partial charge in [-0.3, -0.25) is 9.59 Å². The van der Waals surface area contributed by atoms with Gasteiger partial charge in [0.25, 0.3) is 0 Å². The van der Waals surface area contributed by atoms with Gasteiger partial charge in [-0.1, -0.05) is 6.42 Å². The minimum Gasteiger partial charge on any atom is -0.481 e. The molecule has 3 aliphatic heterocycles. The number of carboxylic acid groups (broad SMARTS) is 1. The first-order valence-corrected chi connectivity index (χ1v) is 11.5. The van der Waals surface area contributed by atoms with Gasteiger partial charge in [0.1, 0.15) is 0 Å². The fourth-order valence-electron chi connectivity index (χ4n) is 4.82. The van der Waals surface area contributed by atoms with Crippen LogP contribution in [0, 0.1) is 11.8 Å². The van der Waals surface area contributed by atoms with E-state index in [1.165, 1.54) is 16.4 Å². The highest BCUT2D eigenvalue weighted by molar-refractivity contribution is 7.89. The molecule has 3 aliphatic rings. The van der Waals surface area contributed by atoms with Gasteiger partial charge < -0.3 is 15.2 Å². The number of nitrogens with one attached hydrogen (secondary N) is 1. The van der Waals surface area contributed by atoms with Gasteiger partial charge in [-0.2, -0.15) is 4.31 Å². The van der Waals surface area contributed by atoms with Crippen LogP contribution in [0.15, 0.2) is 29.2 Å². The van der Waals surface area contributed by atoms with E-state index in [-0.39, 0.29) is 17.0 Å². The maximum atomic E-state index is 12.9. The lowest BCUT2D eigenvalue weighted by Gasteiger charge is -2.32. The van der Waals surface area contributed by atoms with Crippen molar-refractivity contribution >= 4 is 27.6 Å². The SMILES string of the molecule is C[C@H]1CCCCN1S(=O)(=O)c1ccc(NC(=O)[C@H]2[C@@H](C(=O)O)[C@@H]3CC[C@@H]2O3)cc1. The van der Waals surface area contributed by atoms with E-state index < -0.39 is 39.8 Å². The molecule has 1 amide bonds. The number of amides is 1. The van der Waals surface area contributed by atoms with Gasteiger partial charge in [0.15, 0.2) is 0 Å². The summed E-state index contributed by atoms with van der Waals surface area (Å²) in [6.45, 7) is 2.43. The van der Waals surface area contributed by atoms with Crippen molar-refractivity contribution in [3.63, 3.8) is 0 Å². The second-order valence-electron chi connectivity index (χ2n) is 8.15. The molecule has 1 aromatic rings. The van der Waals surface area contributed by atoms with Gasteiger partial charge in [0, 0.05) is 18.3 Å². The molecular weight excluding hydrogens is 396 g/mol. The number of rotatable bonds is 5. The largest absolute Gasteiger partial charge is 0.481 e. The van der Waals surface area contributed by atoms with Gasteiger partial charge in [-0.05, 0) is 56.9 Å². The third-order valence-corrected chi connectivity index (χ3v) is 8.36. The smallest absolute Gasteiger partial charge is 0.310 e. The lowest BCUT2D eigenvalue weighted by Crippen LogP contribution is -2.42. The highest BCUT2D eigenvalue weighted by Crippen LogP contribution is 2.44. The Labute approximate surface area is 170 Å². The molecule has 3 fully saturated rings. The molecule has 29 heavy (non-hydrogen) atoms. The summed E-state index contributed by atoms with van der Waals surface area (Å²) in [7, 11) is -3.58. The zero-order valence-electron chi connectivity index (χ0n) is 16.3. The van der Waals surface area contributed by atoms with E-state index in [0.717, 1.165) is 19.3 Å². The van der Waals surface area contributed by atoms with Crippen molar-refractivity contribution < 1.29 is 27.9 Å². The molecule has 5 atom stereocenters. The maximum Gasteiger partial charge on any atom is 0.310 e. The molecule has 4 rings (SSSR count). The Kier molecular flexibility index (Phi) is 5.39. The number of sulfonamides is 1. The second kappa shape index (κ2) is 7.70. The van der Waals surface area contributed by atoms with Gasteiger partial charge >= 0.3 is 5.97 Å². The Bertz CT molecular complexity index is 900. The number of hydrogen-bond acceptors (Lipinski definition) is 5. The van der Waals surface area contributed by atoms with Gasteiger partial charge in [-0.15, -0.1) is 0 Å². The number of aliphatic carboxylic acids is 1. The summed E-state index contributed by atoms with van der Waals surface area (Å²) >= 11 is 0. The van der Waals surface area contributed by atoms with Crippen LogP contribution in [0.4, 0.5) is 5.69 Å². The standard InChI is InChI=1S/C20H26N2O6S/c1-12-4-2-3-11-22(12)29(26,27)14-7-5-13(6-8-14)21-19(23)17-15-9-10-16(28-15)18(17)20(24)25/h5-8,12,15-18H,2-4,9-11H2,1H3,(H,21,23)(H,24,25)/t12-,15-,16-,17+,18-/m0/s1. The summed E-state index contributed by atoms with van der Waals surface area (Å²) < 4.78 is 33.0. The minimum absolute atomic E-state index is 0.0288. The molecule has 0 saturated carbocycles.